The molecule has 5 atom stereocenters. The smallest absolute Gasteiger partial charge is 0.261 e. The van der Waals surface area contributed by atoms with E-state index in [1.165, 1.54) is 19.6 Å². The van der Waals surface area contributed by atoms with Crippen molar-refractivity contribution in [1.29, 1.82) is 0 Å². The summed E-state index contributed by atoms with van der Waals surface area (Å²) < 4.78 is 21.3. The molecule has 8 nitrogen and oxygen atoms in total. The molecule has 2 heterocycles. The highest BCUT2D eigenvalue weighted by Gasteiger charge is 2.56. The Morgan fingerprint density at radius 3 is 2.70 bits per heavy atom. The quantitative estimate of drug-likeness (QED) is 0.312. The fourth-order valence-electron chi connectivity index (χ4n) is 7.62. The van der Waals surface area contributed by atoms with Crippen molar-refractivity contribution in [3.8, 4) is 5.75 Å². The molecule has 43 heavy (non-hydrogen) atoms. The number of hydrogen-bond donors (Lipinski definition) is 2. The number of ether oxygens (including phenoxy) is 1. The minimum Gasteiger partial charge on any atom is -0.497 e. The second kappa shape index (κ2) is 11.6. The molecule has 0 amide bonds. The summed E-state index contributed by atoms with van der Waals surface area (Å²) in [6, 6.07) is 11.3. The van der Waals surface area contributed by atoms with E-state index >= 15 is 0 Å². The highest BCUT2D eigenvalue weighted by molar-refractivity contribution is 5.96. The number of methoxy groups -OCH3 is 1. The first-order chi connectivity index (χ1) is 20.5. The van der Waals surface area contributed by atoms with Crippen LogP contribution in [0.1, 0.15) is 51.9 Å². The standard InChI is InChI=1S/C34H45FN6O2/c1-20-19-41(14-13-36-20)33(39-29-16-23-15-27(21(29)2)34(23,3)4)37-24-9-11-26-30(17-24)38-31(40(5)32(26)42)12-8-22-7-10-25(43-6)18-28(22)35/h7,9-11,17-18,20-21,23,27,29,36H,8,12-16,19H2,1-6H3,(H,37,39)/t20-,21-,23+,27-,29?/m0/s1. The number of hydrogen-bond acceptors (Lipinski definition) is 5. The maximum Gasteiger partial charge on any atom is 0.261 e. The molecule has 1 aliphatic heterocycles. The Labute approximate surface area is 253 Å². The average Bonchev–Trinajstić information content (AvgIpc) is 2.98. The first-order valence-corrected chi connectivity index (χ1v) is 15.7. The van der Waals surface area contributed by atoms with E-state index in [4.69, 9.17) is 14.7 Å². The van der Waals surface area contributed by atoms with Crippen molar-refractivity contribution < 1.29 is 9.13 Å². The number of aromatic nitrogens is 2. The molecular weight excluding hydrogens is 543 g/mol. The summed E-state index contributed by atoms with van der Waals surface area (Å²) in [5.41, 5.74) is 2.36. The van der Waals surface area contributed by atoms with Crippen LogP contribution in [0.3, 0.4) is 0 Å². The molecule has 2 aromatic carbocycles. The van der Waals surface area contributed by atoms with Gasteiger partial charge >= 0.3 is 0 Å². The predicted molar refractivity (Wildman–Crippen MR) is 170 cm³/mol. The lowest BCUT2D eigenvalue weighted by molar-refractivity contribution is -0.108. The minimum absolute atomic E-state index is 0.107. The number of benzene rings is 2. The molecular formula is C34H45FN6O2. The molecule has 3 aromatic rings. The van der Waals surface area contributed by atoms with Crippen LogP contribution in [0, 0.1) is 29.0 Å². The van der Waals surface area contributed by atoms with Gasteiger partial charge in [-0.15, -0.1) is 0 Å². The molecule has 2 bridgehead atoms. The van der Waals surface area contributed by atoms with E-state index in [0.717, 1.165) is 43.6 Å². The molecule has 0 spiro atoms. The third kappa shape index (κ3) is 5.64. The van der Waals surface area contributed by atoms with Crippen LogP contribution >= 0.6 is 0 Å². The largest absolute Gasteiger partial charge is 0.497 e. The summed E-state index contributed by atoms with van der Waals surface area (Å²) in [6.45, 7) is 12.1. The maximum absolute atomic E-state index is 14.6. The van der Waals surface area contributed by atoms with Crippen LogP contribution in [-0.4, -0.2) is 59.2 Å². The number of halogens is 1. The number of piperazine rings is 1. The Hall–Kier alpha value is -3.46. The van der Waals surface area contributed by atoms with Gasteiger partial charge in [0.1, 0.15) is 17.4 Å². The Morgan fingerprint density at radius 1 is 1.19 bits per heavy atom. The molecule has 3 aliphatic carbocycles. The van der Waals surface area contributed by atoms with E-state index in [2.05, 4.69) is 43.2 Å². The van der Waals surface area contributed by atoms with E-state index in [-0.39, 0.29) is 11.4 Å². The predicted octanol–water partition coefficient (Wildman–Crippen LogP) is 5.00. The Balaban J connectivity index is 1.28. The van der Waals surface area contributed by atoms with Crippen LogP contribution in [0.5, 0.6) is 5.75 Å². The molecule has 1 aromatic heterocycles. The summed E-state index contributed by atoms with van der Waals surface area (Å²) in [6.07, 6.45) is 3.32. The molecule has 0 radical (unpaired) electrons. The van der Waals surface area contributed by atoms with Crippen molar-refractivity contribution in [3.05, 3.63) is 64.0 Å². The van der Waals surface area contributed by atoms with Gasteiger partial charge in [0.2, 0.25) is 0 Å². The molecule has 1 saturated heterocycles. The van der Waals surface area contributed by atoms with Crippen LogP contribution in [0.15, 0.2) is 46.2 Å². The molecule has 2 N–H and O–H groups in total. The van der Waals surface area contributed by atoms with Gasteiger partial charge in [-0.1, -0.05) is 26.8 Å². The molecule has 4 fully saturated rings. The van der Waals surface area contributed by atoms with E-state index in [0.29, 0.717) is 70.2 Å². The summed E-state index contributed by atoms with van der Waals surface area (Å²) in [4.78, 5) is 25.9. The van der Waals surface area contributed by atoms with E-state index in [1.54, 1.807) is 23.7 Å². The summed E-state index contributed by atoms with van der Waals surface area (Å²) in [7, 11) is 3.25. The second-order valence-corrected chi connectivity index (χ2v) is 13.5. The molecule has 230 valence electrons. The average molecular weight is 589 g/mol. The Bertz CT molecular complexity index is 1600. The van der Waals surface area contributed by atoms with Crippen LogP contribution < -0.4 is 20.9 Å². The highest BCUT2D eigenvalue weighted by Crippen LogP contribution is 2.61. The number of aryl methyl sites for hydroxylation is 2. The SMILES string of the molecule is COc1ccc(CCc2nc3cc(NC(=NC4C[C@H]5C[C@@H]([C@@H]4C)C5(C)C)N4CCN[C@@H](C)C4)ccc3c(=O)n2C)c(F)c1. The van der Waals surface area contributed by atoms with Gasteiger partial charge in [0.15, 0.2) is 5.96 Å². The van der Waals surface area contributed by atoms with Crippen molar-refractivity contribution in [1.82, 2.24) is 19.8 Å². The fourth-order valence-corrected chi connectivity index (χ4v) is 7.62. The van der Waals surface area contributed by atoms with E-state index in [9.17, 15) is 9.18 Å². The topological polar surface area (TPSA) is 83.8 Å². The van der Waals surface area contributed by atoms with Crippen molar-refractivity contribution in [2.24, 2.45) is 35.2 Å². The number of rotatable bonds is 6. The lowest BCUT2D eigenvalue weighted by Crippen LogP contribution is -2.57. The number of fused-ring (bicyclic) bond motifs is 3. The van der Waals surface area contributed by atoms with E-state index in [1.807, 2.05) is 18.2 Å². The number of aliphatic imine (C=N–C) groups is 1. The van der Waals surface area contributed by atoms with Gasteiger partial charge in [0.25, 0.3) is 5.56 Å². The van der Waals surface area contributed by atoms with Gasteiger partial charge in [0.05, 0.1) is 24.1 Å². The van der Waals surface area contributed by atoms with Crippen LogP contribution in [0.2, 0.25) is 0 Å². The number of nitrogens with one attached hydrogen (secondary N) is 2. The van der Waals surface area contributed by atoms with Crippen LogP contribution in [0.4, 0.5) is 10.1 Å². The van der Waals surface area contributed by atoms with Crippen molar-refractivity contribution in [2.45, 2.75) is 65.5 Å². The van der Waals surface area contributed by atoms with Gasteiger partial charge < -0.3 is 20.3 Å². The Morgan fingerprint density at radius 2 is 2.00 bits per heavy atom. The highest BCUT2D eigenvalue weighted by atomic mass is 19.1. The number of guanidine groups is 1. The second-order valence-electron chi connectivity index (χ2n) is 13.5. The van der Waals surface area contributed by atoms with Crippen LogP contribution in [-0.2, 0) is 19.9 Å². The monoisotopic (exact) mass is 588 g/mol. The third-order valence-electron chi connectivity index (χ3n) is 10.6. The summed E-state index contributed by atoms with van der Waals surface area (Å²) in [5.74, 6) is 3.67. The summed E-state index contributed by atoms with van der Waals surface area (Å²) >= 11 is 0. The first-order valence-electron chi connectivity index (χ1n) is 15.7. The number of anilines is 1. The fraction of sp³-hybridized carbons (Fsp3) is 0.559. The lowest BCUT2D eigenvalue weighted by Gasteiger charge is -2.61. The maximum atomic E-state index is 14.6. The zero-order valence-electron chi connectivity index (χ0n) is 26.3. The van der Waals surface area contributed by atoms with Gasteiger partial charge in [-0.05, 0) is 79.2 Å². The van der Waals surface area contributed by atoms with Crippen molar-refractivity contribution >= 4 is 22.5 Å². The molecule has 3 saturated carbocycles. The van der Waals surface area contributed by atoms with Gasteiger partial charge in [-0.25, -0.2) is 14.4 Å². The van der Waals surface area contributed by atoms with Gasteiger partial charge in [-0.3, -0.25) is 9.36 Å². The van der Waals surface area contributed by atoms with Crippen molar-refractivity contribution in [2.75, 3.05) is 32.1 Å². The molecule has 9 heteroatoms. The molecule has 7 rings (SSSR count). The minimum atomic E-state index is -0.321. The van der Waals surface area contributed by atoms with Gasteiger partial charge in [-0.2, -0.15) is 0 Å². The van der Waals surface area contributed by atoms with Crippen LogP contribution in [0.25, 0.3) is 10.9 Å². The zero-order chi connectivity index (χ0) is 30.5. The summed E-state index contributed by atoms with van der Waals surface area (Å²) in [5, 5.41) is 7.75. The first kappa shape index (κ1) is 29.6. The molecule has 1 unspecified atom stereocenters. The number of nitrogens with zero attached hydrogens (tertiary/aromatic N) is 4. The lowest BCUT2D eigenvalue weighted by atomic mass is 9.45. The van der Waals surface area contributed by atoms with Crippen molar-refractivity contribution in [3.63, 3.8) is 0 Å². The zero-order valence-corrected chi connectivity index (χ0v) is 26.3. The normalized spacial score (nSPS) is 26.7. The van der Waals surface area contributed by atoms with E-state index < -0.39 is 0 Å². The third-order valence-corrected chi connectivity index (χ3v) is 10.6. The Kier molecular flexibility index (Phi) is 7.96. The molecule has 4 aliphatic rings. The van der Waals surface area contributed by atoms with Gasteiger partial charge in [0, 0.05) is 50.9 Å².